The largest absolute Gasteiger partial charge is 0.337 e. The molecule has 0 aromatic carbocycles. The van der Waals surface area contributed by atoms with Crippen molar-refractivity contribution in [3.8, 4) is 0 Å². The topological polar surface area (TPSA) is 77.2 Å². The fourth-order valence-electron chi connectivity index (χ4n) is 3.75. The maximum atomic E-state index is 12.6. The summed E-state index contributed by atoms with van der Waals surface area (Å²) in [5.41, 5.74) is -1.30. The highest BCUT2D eigenvalue weighted by Gasteiger charge is 2.46. The number of aryl methyl sites for hydroxylation is 2. The van der Waals surface area contributed by atoms with E-state index in [1.165, 1.54) is 23.0 Å². The summed E-state index contributed by atoms with van der Waals surface area (Å²) in [5.74, 6) is 0.694. The summed E-state index contributed by atoms with van der Waals surface area (Å²) in [6, 6.07) is 3.82. The van der Waals surface area contributed by atoms with Crippen LogP contribution in [0.3, 0.4) is 0 Å². The zero-order valence-electron chi connectivity index (χ0n) is 13.6. The SMILES string of the molecule is Cc1ccc(C(=O)N2CC[C@]3(Cc4nn(C)c(=O)c(=O)n4C3)C2)s1. The zero-order chi connectivity index (χ0) is 17.1. The van der Waals surface area contributed by atoms with Gasteiger partial charge in [-0.05, 0) is 25.5 Å². The van der Waals surface area contributed by atoms with Crippen molar-refractivity contribution in [2.75, 3.05) is 13.1 Å². The number of likely N-dealkylation sites (tertiary alicyclic amines) is 1. The second-order valence-electron chi connectivity index (χ2n) is 6.80. The maximum Gasteiger partial charge on any atom is 0.332 e. The van der Waals surface area contributed by atoms with E-state index >= 15 is 0 Å². The number of amides is 1. The summed E-state index contributed by atoms with van der Waals surface area (Å²) in [7, 11) is 1.50. The Labute approximate surface area is 142 Å². The lowest BCUT2D eigenvalue weighted by Gasteiger charge is -2.22. The van der Waals surface area contributed by atoms with Crippen molar-refractivity contribution < 1.29 is 4.79 Å². The molecule has 1 spiro atoms. The fourth-order valence-corrected chi connectivity index (χ4v) is 4.59. The van der Waals surface area contributed by atoms with Crippen LogP contribution in [0.4, 0.5) is 0 Å². The molecule has 1 saturated heterocycles. The monoisotopic (exact) mass is 346 g/mol. The zero-order valence-corrected chi connectivity index (χ0v) is 14.4. The van der Waals surface area contributed by atoms with E-state index in [4.69, 9.17) is 0 Å². The van der Waals surface area contributed by atoms with Crippen LogP contribution in [0.2, 0.25) is 0 Å². The highest BCUT2D eigenvalue weighted by atomic mass is 32.1. The quantitative estimate of drug-likeness (QED) is 0.701. The number of rotatable bonds is 1. The lowest BCUT2D eigenvalue weighted by molar-refractivity contribution is 0.0776. The van der Waals surface area contributed by atoms with Crippen LogP contribution in [0.15, 0.2) is 21.7 Å². The van der Waals surface area contributed by atoms with Gasteiger partial charge in [0.1, 0.15) is 5.82 Å². The lowest BCUT2D eigenvalue weighted by Crippen LogP contribution is -2.42. The first-order valence-electron chi connectivity index (χ1n) is 7.91. The van der Waals surface area contributed by atoms with Crippen LogP contribution in [0, 0.1) is 12.3 Å². The van der Waals surface area contributed by atoms with Gasteiger partial charge in [0.15, 0.2) is 0 Å². The van der Waals surface area contributed by atoms with Crippen LogP contribution in [0.1, 0.15) is 26.8 Å². The first-order chi connectivity index (χ1) is 11.4. The molecule has 2 aromatic heterocycles. The molecule has 0 radical (unpaired) electrons. The van der Waals surface area contributed by atoms with Gasteiger partial charge in [0.2, 0.25) is 0 Å². The van der Waals surface area contributed by atoms with E-state index < -0.39 is 11.1 Å². The van der Waals surface area contributed by atoms with Gasteiger partial charge in [-0.3, -0.25) is 19.0 Å². The second-order valence-corrected chi connectivity index (χ2v) is 8.09. The molecule has 0 saturated carbocycles. The van der Waals surface area contributed by atoms with Crippen LogP contribution in [-0.4, -0.2) is 38.2 Å². The van der Waals surface area contributed by atoms with Crippen LogP contribution in [0.5, 0.6) is 0 Å². The van der Waals surface area contributed by atoms with Gasteiger partial charge in [-0.15, -0.1) is 11.3 Å². The van der Waals surface area contributed by atoms with Crippen LogP contribution < -0.4 is 11.1 Å². The van der Waals surface area contributed by atoms with Crippen molar-refractivity contribution in [2.24, 2.45) is 12.5 Å². The van der Waals surface area contributed by atoms with Crippen LogP contribution >= 0.6 is 11.3 Å². The Morgan fingerprint density at radius 1 is 1.25 bits per heavy atom. The van der Waals surface area contributed by atoms with Gasteiger partial charge in [0, 0.05) is 43.4 Å². The predicted octanol–water partition coefficient (Wildman–Crippen LogP) is 0.401. The Bertz CT molecular complexity index is 957. The van der Waals surface area contributed by atoms with E-state index in [-0.39, 0.29) is 11.3 Å². The van der Waals surface area contributed by atoms with Gasteiger partial charge >= 0.3 is 11.1 Å². The van der Waals surface area contributed by atoms with Crippen LogP contribution in [0.25, 0.3) is 0 Å². The average molecular weight is 346 g/mol. The Morgan fingerprint density at radius 2 is 2.04 bits per heavy atom. The minimum atomic E-state index is -0.601. The molecule has 24 heavy (non-hydrogen) atoms. The maximum absolute atomic E-state index is 12.6. The second kappa shape index (κ2) is 5.14. The Kier molecular flexibility index (Phi) is 3.28. The summed E-state index contributed by atoms with van der Waals surface area (Å²) < 4.78 is 2.60. The van der Waals surface area contributed by atoms with Crippen molar-refractivity contribution in [3.63, 3.8) is 0 Å². The molecule has 126 valence electrons. The van der Waals surface area contributed by atoms with Gasteiger partial charge in [-0.1, -0.05) is 0 Å². The molecule has 2 aliphatic rings. The van der Waals surface area contributed by atoms with E-state index in [1.807, 2.05) is 24.0 Å². The molecule has 0 N–H and O–H groups in total. The Hall–Kier alpha value is -2.22. The van der Waals surface area contributed by atoms with Gasteiger partial charge in [-0.25, -0.2) is 4.68 Å². The van der Waals surface area contributed by atoms with Crippen molar-refractivity contribution in [1.29, 1.82) is 0 Å². The average Bonchev–Trinajstić information content (AvgIpc) is 3.24. The van der Waals surface area contributed by atoms with Crippen molar-refractivity contribution >= 4 is 17.2 Å². The third kappa shape index (κ3) is 2.24. The highest BCUT2D eigenvalue weighted by molar-refractivity contribution is 7.13. The van der Waals surface area contributed by atoms with Gasteiger partial charge in [-0.2, -0.15) is 5.10 Å². The summed E-state index contributed by atoms with van der Waals surface area (Å²) in [4.78, 5) is 40.3. The summed E-state index contributed by atoms with van der Waals surface area (Å²) >= 11 is 1.50. The molecule has 2 aromatic rings. The molecule has 1 amide bonds. The number of fused-ring (bicyclic) bond motifs is 1. The molecular formula is C16H18N4O3S. The number of carbonyl (C=O) groups excluding carboxylic acids is 1. The van der Waals surface area contributed by atoms with E-state index in [1.54, 1.807) is 0 Å². The highest BCUT2D eigenvalue weighted by Crippen LogP contribution is 2.39. The first kappa shape index (κ1) is 15.3. The van der Waals surface area contributed by atoms with E-state index in [9.17, 15) is 14.4 Å². The van der Waals surface area contributed by atoms with Crippen LogP contribution in [-0.2, 0) is 20.0 Å². The first-order valence-corrected chi connectivity index (χ1v) is 8.73. The Balaban J connectivity index is 1.59. The lowest BCUT2D eigenvalue weighted by atomic mass is 9.86. The molecule has 4 heterocycles. The van der Waals surface area contributed by atoms with E-state index in [0.29, 0.717) is 31.9 Å². The molecule has 4 rings (SSSR count). The number of aromatic nitrogens is 3. The molecule has 1 atom stereocenters. The normalized spacial score (nSPS) is 22.3. The summed E-state index contributed by atoms with van der Waals surface area (Å²) in [6.07, 6.45) is 1.45. The van der Waals surface area contributed by atoms with Gasteiger partial charge < -0.3 is 4.90 Å². The van der Waals surface area contributed by atoms with Crippen molar-refractivity contribution in [2.45, 2.75) is 26.3 Å². The number of hydrogen-bond acceptors (Lipinski definition) is 5. The van der Waals surface area contributed by atoms with E-state index in [2.05, 4.69) is 5.10 Å². The fraction of sp³-hybridized carbons (Fsp3) is 0.500. The molecular weight excluding hydrogens is 328 g/mol. The molecule has 7 nitrogen and oxygen atoms in total. The Morgan fingerprint density at radius 3 is 2.75 bits per heavy atom. The number of nitrogens with zero attached hydrogens (tertiary/aromatic N) is 4. The number of thiophene rings is 1. The molecule has 8 heteroatoms. The standard InChI is InChI=1S/C16H18N4O3S/c1-10-3-4-11(24-10)13(21)19-6-5-16(8-19)7-12-17-18(2)14(22)15(23)20(12)9-16/h3-4H,5-9H2,1-2H3/t16-/m0/s1. The molecule has 0 bridgehead atoms. The smallest absolute Gasteiger partial charge is 0.332 e. The van der Waals surface area contributed by atoms with Crippen molar-refractivity contribution in [1.82, 2.24) is 19.2 Å². The number of carbonyl (C=O) groups is 1. The number of hydrogen-bond donors (Lipinski definition) is 0. The minimum absolute atomic E-state index is 0.0521. The third-order valence-electron chi connectivity index (χ3n) is 5.00. The van der Waals surface area contributed by atoms with E-state index in [0.717, 1.165) is 20.9 Å². The molecule has 2 aliphatic heterocycles. The van der Waals surface area contributed by atoms with Gasteiger partial charge in [0.25, 0.3) is 5.91 Å². The molecule has 1 fully saturated rings. The third-order valence-corrected chi connectivity index (χ3v) is 5.99. The predicted molar refractivity (Wildman–Crippen MR) is 89.5 cm³/mol. The minimum Gasteiger partial charge on any atom is -0.337 e. The van der Waals surface area contributed by atoms with Gasteiger partial charge in [0.05, 0.1) is 4.88 Å². The van der Waals surface area contributed by atoms with Crippen molar-refractivity contribution in [3.05, 3.63) is 48.4 Å². The summed E-state index contributed by atoms with van der Waals surface area (Å²) in [5, 5.41) is 4.23. The molecule has 0 aliphatic carbocycles. The summed E-state index contributed by atoms with van der Waals surface area (Å²) in [6.45, 7) is 3.73. The molecule has 0 unspecified atom stereocenters.